The van der Waals surface area contributed by atoms with Crippen molar-refractivity contribution >= 4 is 0 Å². The van der Waals surface area contributed by atoms with E-state index in [0.717, 1.165) is 25.5 Å². The Labute approximate surface area is 129 Å². The molecule has 116 valence electrons. The molecule has 2 nitrogen and oxygen atoms in total. The number of hydrogen-bond acceptors (Lipinski definition) is 2. The van der Waals surface area contributed by atoms with Crippen molar-refractivity contribution in [3.8, 4) is 0 Å². The number of allylic oxidation sites excluding steroid dienone is 5. The van der Waals surface area contributed by atoms with E-state index in [9.17, 15) is 0 Å². The van der Waals surface area contributed by atoms with Crippen LogP contribution in [0.1, 0.15) is 44.9 Å². The van der Waals surface area contributed by atoms with E-state index in [0.29, 0.717) is 17.8 Å². The molecule has 2 N–H and O–H groups in total. The van der Waals surface area contributed by atoms with E-state index in [1.807, 2.05) is 0 Å². The fraction of sp³-hybridized carbons (Fsp3) is 0.684. The minimum atomic E-state index is 0.548. The molecule has 3 rings (SSSR count). The van der Waals surface area contributed by atoms with E-state index in [-0.39, 0.29) is 0 Å². The van der Waals surface area contributed by atoms with E-state index in [1.54, 1.807) is 0 Å². The Balaban J connectivity index is 1.58. The molecule has 0 aromatic carbocycles. The molecule has 3 aliphatic carbocycles. The average Bonchev–Trinajstić information content (AvgIpc) is 3.07. The molecule has 0 aromatic rings. The molecule has 3 aliphatic rings. The highest BCUT2D eigenvalue weighted by molar-refractivity contribution is 5.20. The van der Waals surface area contributed by atoms with Gasteiger partial charge in [-0.15, -0.1) is 0 Å². The number of rotatable bonds is 5. The van der Waals surface area contributed by atoms with Crippen molar-refractivity contribution in [1.82, 2.24) is 0 Å². The SMILES string of the molecule is NCC1C=CC(C2CC=CC=C2OCC2CCCC2)CC1. The molecule has 0 amide bonds. The zero-order chi connectivity index (χ0) is 14.5. The summed E-state index contributed by atoms with van der Waals surface area (Å²) in [5.41, 5.74) is 5.77. The van der Waals surface area contributed by atoms with Crippen LogP contribution in [-0.4, -0.2) is 13.2 Å². The third kappa shape index (κ3) is 3.79. The Morgan fingerprint density at radius 2 is 1.95 bits per heavy atom. The lowest BCUT2D eigenvalue weighted by Gasteiger charge is -2.32. The van der Waals surface area contributed by atoms with E-state index in [4.69, 9.17) is 10.5 Å². The van der Waals surface area contributed by atoms with Crippen molar-refractivity contribution in [2.45, 2.75) is 44.9 Å². The van der Waals surface area contributed by atoms with Crippen LogP contribution in [0, 0.1) is 23.7 Å². The lowest BCUT2D eigenvalue weighted by Crippen LogP contribution is -2.24. The van der Waals surface area contributed by atoms with Crippen LogP contribution in [-0.2, 0) is 4.74 Å². The lowest BCUT2D eigenvalue weighted by molar-refractivity contribution is 0.125. The van der Waals surface area contributed by atoms with Crippen molar-refractivity contribution in [2.75, 3.05) is 13.2 Å². The second-order valence-electron chi connectivity index (χ2n) is 6.92. The number of nitrogens with two attached hydrogens (primary N) is 1. The molecule has 0 saturated heterocycles. The molecular formula is C19H29NO. The van der Waals surface area contributed by atoms with Gasteiger partial charge in [0.15, 0.2) is 0 Å². The van der Waals surface area contributed by atoms with Gasteiger partial charge >= 0.3 is 0 Å². The van der Waals surface area contributed by atoms with Crippen LogP contribution in [0.4, 0.5) is 0 Å². The van der Waals surface area contributed by atoms with Gasteiger partial charge in [0.05, 0.1) is 12.4 Å². The normalized spacial score (nSPS) is 33.2. The number of ether oxygens (including phenoxy) is 1. The Kier molecular flexibility index (Phi) is 5.18. The molecule has 1 saturated carbocycles. The summed E-state index contributed by atoms with van der Waals surface area (Å²) in [5.74, 6) is 3.79. The second-order valence-corrected chi connectivity index (χ2v) is 6.92. The van der Waals surface area contributed by atoms with Crippen LogP contribution >= 0.6 is 0 Å². The highest BCUT2D eigenvalue weighted by Crippen LogP contribution is 2.37. The van der Waals surface area contributed by atoms with Crippen LogP contribution in [0.5, 0.6) is 0 Å². The van der Waals surface area contributed by atoms with Gasteiger partial charge in [-0.1, -0.05) is 37.1 Å². The van der Waals surface area contributed by atoms with Crippen LogP contribution in [0.2, 0.25) is 0 Å². The van der Waals surface area contributed by atoms with Crippen molar-refractivity contribution in [2.24, 2.45) is 29.4 Å². The monoisotopic (exact) mass is 287 g/mol. The first-order valence-electron chi connectivity index (χ1n) is 8.74. The summed E-state index contributed by atoms with van der Waals surface area (Å²) in [5, 5.41) is 0. The van der Waals surface area contributed by atoms with Gasteiger partial charge in [0, 0.05) is 5.92 Å². The molecule has 2 heteroatoms. The van der Waals surface area contributed by atoms with Crippen LogP contribution in [0.25, 0.3) is 0 Å². The van der Waals surface area contributed by atoms with E-state index < -0.39 is 0 Å². The van der Waals surface area contributed by atoms with Crippen molar-refractivity contribution in [3.63, 3.8) is 0 Å². The molecule has 0 bridgehead atoms. The predicted octanol–water partition coefficient (Wildman–Crippen LogP) is 4.19. The Morgan fingerprint density at radius 3 is 2.67 bits per heavy atom. The van der Waals surface area contributed by atoms with Crippen molar-refractivity contribution < 1.29 is 4.74 Å². The smallest absolute Gasteiger partial charge is 0.0999 e. The topological polar surface area (TPSA) is 35.2 Å². The quantitative estimate of drug-likeness (QED) is 0.769. The number of hydrogen-bond donors (Lipinski definition) is 1. The van der Waals surface area contributed by atoms with Gasteiger partial charge in [-0.2, -0.15) is 0 Å². The maximum absolute atomic E-state index is 6.24. The molecule has 3 unspecified atom stereocenters. The third-order valence-corrected chi connectivity index (χ3v) is 5.43. The summed E-state index contributed by atoms with van der Waals surface area (Å²) in [7, 11) is 0. The van der Waals surface area contributed by atoms with E-state index >= 15 is 0 Å². The summed E-state index contributed by atoms with van der Waals surface area (Å²) < 4.78 is 6.24. The summed E-state index contributed by atoms with van der Waals surface area (Å²) >= 11 is 0. The van der Waals surface area contributed by atoms with Crippen LogP contribution in [0.3, 0.4) is 0 Å². The highest BCUT2D eigenvalue weighted by atomic mass is 16.5. The maximum atomic E-state index is 6.24. The summed E-state index contributed by atoms with van der Waals surface area (Å²) in [6.45, 7) is 1.71. The third-order valence-electron chi connectivity index (χ3n) is 5.43. The molecule has 0 radical (unpaired) electrons. The molecule has 0 aliphatic heterocycles. The minimum Gasteiger partial charge on any atom is -0.497 e. The van der Waals surface area contributed by atoms with Crippen LogP contribution in [0.15, 0.2) is 36.1 Å². The fourth-order valence-electron chi connectivity index (χ4n) is 3.99. The van der Waals surface area contributed by atoms with Gasteiger partial charge in [-0.3, -0.25) is 0 Å². The molecule has 3 atom stereocenters. The Hall–Kier alpha value is -1.02. The van der Waals surface area contributed by atoms with Crippen molar-refractivity contribution in [1.29, 1.82) is 0 Å². The van der Waals surface area contributed by atoms with Gasteiger partial charge in [0.1, 0.15) is 0 Å². The Morgan fingerprint density at radius 1 is 1.10 bits per heavy atom. The fourth-order valence-corrected chi connectivity index (χ4v) is 3.99. The van der Waals surface area contributed by atoms with Gasteiger partial charge in [0.2, 0.25) is 0 Å². The van der Waals surface area contributed by atoms with E-state index in [2.05, 4.69) is 30.4 Å². The molecule has 1 fully saturated rings. The molecular weight excluding hydrogens is 258 g/mol. The summed E-state index contributed by atoms with van der Waals surface area (Å²) in [4.78, 5) is 0. The second kappa shape index (κ2) is 7.31. The standard InChI is InChI=1S/C19H29NO/c20-13-15-9-11-17(12-10-15)18-7-3-4-8-19(18)21-14-16-5-1-2-6-16/h3-4,8-9,11,15-18H,1-2,5-7,10,12-14,20H2. The molecule has 0 heterocycles. The Bertz CT molecular complexity index is 417. The van der Waals surface area contributed by atoms with Gasteiger partial charge in [-0.25, -0.2) is 0 Å². The first-order chi connectivity index (χ1) is 10.4. The first kappa shape index (κ1) is 14.9. The van der Waals surface area contributed by atoms with Crippen molar-refractivity contribution in [3.05, 3.63) is 36.1 Å². The maximum Gasteiger partial charge on any atom is 0.0999 e. The van der Waals surface area contributed by atoms with Gasteiger partial charge < -0.3 is 10.5 Å². The van der Waals surface area contributed by atoms with Gasteiger partial charge in [0.25, 0.3) is 0 Å². The predicted molar refractivity (Wildman–Crippen MR) is 87.6 cm³/mol. The first-order valence-corrected chi connectivity index (χ1v) is 8.74. The summed E-state index contributed by atoms with van der Waals surface area (Å²) in [6.07, 6.45) is 20.5. The molecule has 0 spiro atoms. The molecule has 0 aromatic heterocycles. The van der Waals surface area contributed by atoms with Gasteiger partial charge in [-0.05, 0) is 62.5 Å². The zero-order valence-electron chi connectivity index (χ0n) is 13.0. The average molecular weight is 287 g/mol. The van der Waals surface area contributed by atoms with E-state index in [1.165, 1.54) is 44.3 Å². The highest BCUT2D eigenvalue weighted by Gasteiger charge is 2.28. The zero-order valence-corrected chi connectivity index (χ0v) is 13.0. The lowest BCUT2D eigenvalue weighted by atomic mass is 9.77. The minimum absolute atomic E-state index is 0.548. The summed E-state index contributed by atoms with van der Waals surface area (Å²) in [6, 6.07) is 0. The van der Waals surface area contributed by atoms with Crippen LogP contribution < -0.4 is 5.73 Å². The largest absolute Gasteiger partial charge is 0.497 e. The molecule has 21 heavy (non-hydrogen) atoms.